The molecule has 0 aliphatic heterocycles. The molecule has 8 atom stereocenters. The molecule has 0 spiro atoms. The minimum absolute atomic E-state index is 0.259. The van der Waals surface area contributed by atoms with Crippen molar-refractivity contribution in [2.24, 2.45) is 52.8 Å². The second-order valence-corrected chi connectivity index (χ2v) is 12.7. The average molecular weight is 467 g/mol. The Balaban J connectivity index is 1.58. The Morgan fingerprint density at radius 3 is 2.31 bits per heavy atom. The quantitative estimate of drug-likeness (QED) is 0.362. The lowest BCUT2D eigenvalue weighted by molar-refractivity contribution is 0.214. The standard InChI is InChI=1S/C35H46/c1-7-11-25-22-26(35(4,5)6)16-19-29(25)34-27(8-2)23(3)14-17-32-31-18-15-24-12-9-10-13-28(24)30(31)20-21-33(32)34/h9-10,12-21,23-25,27-28,32-34H,7-8,11,22H2,1-6H3. The third-order valence-corrected chi connectivity index (χ3v) is 9.68. The Kier molecular flexibility index (Phi) is 6.86. The topological polar surface area (TPSA) is 0 Å². The van der Waals surface area contributed by atoms with Crippen molar-refractivity contribution in [3.8, 4) is 0 Å². The van der Waals surface area contributed by atoms with Crippen LogP contribution >= 0.6 is 0 Å². The summed E-state index contributed by atoms with van der Waals surface area (Å²) < 4.78 is 0. The molecule has 0 aromatic rings. The van der Waals surface area contributed by atoms with Gasteiger partial charge in [0.2, 0.25) is 0 Å². The van der Waals surface area contributed by atoms with Gasteiger partial charge < -0.3 is 0 Å². The van der Waals surface area contributed by atoms with Crippen LogP contribution in [0.1, 0.15) is 67.2 Å². The van der Waals surface area contributed by atoms with Crippen LogP contribution < -0.4 is 0 Å². The van der Waals surface area contributed by atoms with Crippen LogP contribution in [0.5, 0.6) is 0 Å². The third-order valence-electron chi connectivity index (χ3n) is 9.68. The van der Waals surface area contributed by atoms with E-state index in [0.717, 1.165) is 0 Å². The molecule has 35 heavy (non-hydrogen) atoms. The number of rotatable bonds is 4. The summed E-state index contributed by atoms with van der Waals surface area (Å²) in [6.07, 6.45) is 34.7. The minimum atomic E-state index is 0.259. The van der Waals surface area contributed by atoms with E-state index in [-0.39, 0.29) is 5.41 Å². The van der Waals surface area contributed by atoms with Crippen molar-refractivity contribution in [2.45, 2.75) is 67.2 Å². The zero-order valence-corrected chi connectivity index (χ0v) is 22.9. The maximum absolute atomic E-state index is 2.63. The summed E-state index contributed by atoms with van der Waals surface area (Å²) in [5, 5.41) is 0. The Hall–Kier alpha value is -2.08. The van der Waals surface area contributed by atoms with Crippen molar-refractivity contribution in [1.29, 1.82) is 0 Å². The molecular formula is C35H46. The highest BCUT2D eigenvalue weighted by Gasteiger charge is 2.44. The van der Waals surface area contributed by atoms with E-state index in [1.807, 2.05) is 0 Å². The summed E-state index contributed by atoms with van der Waals surface area (Å²) in [7, 11) is 0. The molecule has 5 rings (SSSR count). The van der Waals surface area contributed by atoms with Crippen LogP contribution in [0.25, 0.3) is 0 Å². The van der Waals surface area contributed by atoms with Crippen LogP contribution in [0.2, 0.25) is 0 Å². The molecular weight excluding hydrogens is 420 g/mol. The Morgan fingerprint density at radius 1 is 0.829 bits per heavy atom. The average Bonchev–Trinajstić information content (AvgIpc) is 2.99. The molecule has 0 saturated heterocycles. The van der Waals surface area contributed by atoms with E-state index in [9.17, 15) is 0 Å². The number of hydrogen-bond acceptors (Lipinski definition) is 0. The number of allylic oxidation sites excluding steroid dienone is 16. The van der Waals surface area contributed by atoms with Crippen molar-refractivity contribution >= 4 is 0 Å². The zero-order valence-electron chi connectivity index (χ0n) is 22.9. The lowest BCUT2D eigenvalue weighted by Crippen LogP contribution is -2.36. The molecule has 0 heteroatoms. The van der Waals surface area contributed by atoms with E-state index < -0.39 is 0 Å². The lowest BCUT2D eigenvalue weighted by atomic mass is 9.60. The summed E-state index contributed by atoms with van der Waals surface area (Å²) in [5.41, 5.74) is 6.78. The van der Waals surface area contributed by atoms with Crippen molar-refractivity contribution in [3.05, 3.63) is 95.2 Å². The number of fused-ring (bicyclic) bond motifs is 4. The fourth-order valence-electron chi connectivity index (χ4n) is 7.74. The molecule has 0 bridgehead atoms. The van der Waals surface area contributed by atoms with Crippen molar-refractivity contribution < 1.29 is 0 Å². The van der Waals surface area contributed by atoms with Gasteiger partial charge in [0, 0.05) is 17.8 Å². The van der Waals surface area contributed by atoms with Crippen molar-refractivity contribution in [3.63, 3.8) is 0 Å². The van der Waals surface area contributed by atoms with Crippen molar-refractivity contribution in [2.75, 3.05) is 0 Å². The van der Waals surface area contributed by atoms with E-state index in [4.69, 9.17) is 0 Å². The molecule has 186 valence electrons. The van der Waals surface area contributed by atoms with Gasteiger partial charge in [-0.3, -0.25) is 0 Å². The molecule has 8 unspecified atom stereocenters. The third kappa shape index (κ3) is 4.47. The largest absolute Gasteiger partial charge is 0.0848 e. The van der Waals surface area contributed by atoms with Gasteiger partial charge in [0.15, 0.2) is 0 Å². The molecule has 0 aromatic carbocycles. The predicted octanol–water partition coefficient (Wildman–Crippen LogP) is 9.58. The van der Waals surface area contributed by atoms with Gasteiger partial charge in [-0.1, -0.05) is 138 Å². The van der Waals surface area contributed by atoms with Crippen molar-refractivity contribution in [1.82, 2.24) is 0 Å². The fraction of sp³-hybridized carbons (Fsp3) is 0.543. The van der Waals surface area contributed by atoms with Crippen LogP contribution in [-0.4, -0.2) is 0 Å². The Morgan fingerprint density at radius 2 is 1.57 bits per heavy atom. The summed E-state index contributed by atoms with van der Waals surface area (Å²) in [6, 6.07) is 0. The Bertz CT molecular complexity index is 1060. The van der Waals surface area contributed by atoms with Gasteiger partial charge in [-0.2, -0.15) is 0 Å². The molecule has 5 aliphatic rings. The maximum atomic E-state index is 2.63. The highest BCUT2D eigenvalue weighted by atomic mass is 14.5. The summed E-state index contributed by atoms with van der Waals surface area (Å²) in [5.74, 6) is 4.68. The lowest BCUT2D eigenvalue weighted by Gasteiger charge is -2.44. The van der Waals surface area contributed by atoms with Gasteiger partial charge in [-0.05, 0) is 59.0 Å². The van der Waals surface area contributed by atoms with Gasteiger partial charge >= 0.3 is 0 Å². The van der Waals surface area contributed by atoms with Crippen LogP contribution in [0, 0.1) is 52.8 Å². The van der Waals surface area contributed by atoms with E-state index in [1.165, 1.54) is 25.7 Å². The second kappa shape index (κ2) is 9.76. The van der Waals surface area contributed by atoms with Gasteiger partial charge in [0.25, 0.3) is 0 Å². The summed E-state index contributed by atoms with van der Waals surface area (Å²) >= 11 is 0. The second-order valence-electron chi connectivity index (χ2n) is 12.7. The first kappa shape index (κ1) is 24.6. The molecule has 0 heterocycles. The zero-order chi connectivity index (χ0) is 24.7. The molecule has 5 aliphatic carbocycles. The first-order chi connectivity index (χ1) is 16.8. The van der Waals surface area contributed by atoms with Crippen LogP contribution in [-0.2, 0) is 0 Å². The first-order valence-corrected chi connectivity index (χ1v) is 14.4. The SMILES string of the molecule is CCCC1CC(C(C)(C)C)=CC=C1C1C2C=CC3=C(C=CC4C=CC=CC34)C2C=CC(C)C1CC. The van der Waals surface area contributed by atoms with E-state index in [2.05, 4.69) is 114 Å². The molecule has 0 fully saturated rings. The summed E-state index contributed by atoms with van der Waals surface area (Å²) in [4.78, 5) is 0. The molecule has 0 nitrogen and oxygen atoms in total. The normalized spacial score (nSPS) is 37.9. The highest BCUT2D eigenvalue weighted by Crippen LogP contribution is 2.53. The Labute approximate surface area is 215 Å². The first-order valence-electron chi connectivity index (χ1n) is 14.4. The van der Waals surface area contributed by atoms with E-state index in [0.29, 0.717) is 47.3 Å². The van der Waals surface area contributed by atoms with Gasteiger partial charge in [-0.15, -0.1) is 0 Å². The van der Waals surface area contributed by atoms with Gasteiger partial charge in [-0.25, -0.2) is 0 Å². The molecule has 0 saturated carbocycles. The monoisotopic (exact) mass is 466 g/mol. The predicted molar refractivity (Wildman–Crippen MR) is 152 cm³/mol. The fourth-order valence-corrected chi connectivity index (χ4v) is 7.74. The smallest absolute Gasteiger partial charge is 0.0122 e. The van der Waals surface area contributed by atoms with Crippen LogP contribution in [0.3, 0.4) is 0 Å². The molecule has 0 radical (unpaired) electrons. The number of hydrogen-bond donors (Lipinski definition) is 0. The van der Waals surface area contributed by atoms with Gasteiger partial charge in [0.05, 0.1) is 0 Å². The maximum Gasteiger partial charge on any atom is 0.0122 e. The van der Waals surface area contributed by atoms with E-state index in [1.54, 1.807) is 22.3 Å². The van der Waals surface area contributed by atoms with Crippen LogP contribution in [0.4, 0.5) is 0 Å². The van der Waals surface area contributed by atoms with E-state index >= 15 is 0 Å². The molecule has 0 amide bonds. The minimum Gasteiger partial charge on any atom is -0.0848 e. The molecule has 0 N–H and O–H groups in total. The van der Waals surface area contributed by atoms with Gasteiger partial charge in [0.1, 0.15) is 0 Å². The summed E-state index contributed by atoms with van der Waals surface area (Å²) in [6.45, 7) is 14.4. The molecule has 0 aromatic heterocycles. The van der Waals surface area contributed by atoms with Crippen LogP contribution in [0.15, 0.2) is 95.2 Å². The highest BCUT2D eigenvalue weighted by molar-refractivity contribution is 5.51.